The average molecular weight is 410 g/mol. The van der Waals surface area contributed by atoms with Crippen molar-refractivity contribution in [2.75, 3.05) is 25.3 Å². The number of anilines is 1. The van der Waals surface area contributed by atoms with E-state index in [2.05, 4.69) is 10.3 Å². The first kappa shape index (κ1) is 17.8. The van der Waals surface area contributed by atoms with Gasteiger partial charge in [-0.05, 0) is 42.3 Å². The van der Waals surface area contributed by atoms with E-state index in [0.29, 0.717) is 36.9 Å². The van der Waals surface area contributed by atoms with Crippen molar-refractivity contribution in [2.24, 2.45) is 0 Å². The van der Waals surface area contributed by atoms with Crippen LogP contribution in [0.3, 0.4) is 0 Å². The molecule has 0 unspecified atom stereocenters. The highest BCUT2D eigenvalue weighted by Gasteiger charge is 2.16. The Kier molecular flexibility index (Phi) is 4.69. The van der Waals surface area contributed by atoms with Crippen LogP contribution in [0.25, 0.3) is 11.3 Å². The van der Waals surface area contributed by atoms with Gasteiger partial charge in [0.25, 0.3) is 0 Å². The van der Waals surface area contributed by atoms with E-state index in [9.17, 15) is 4.79 Å². The molecule has 148 valence electrons. The quantitative estimate of drug-likeness (QED) is 0.688. The molecular formula is C21H18N2O5S. The Bertz CT molecular complexity index is 1060. The topological polar surface area (TPSA) is 78.9 Å². The number of amides is 1. The number of aryl methyl sites for hydroxylation is 1. The number of hydrogen-bond acceptors (Lipinski definition) is 7. The van der Waals surface area contributed by atoms with Crippen molar-refractivity contribution in [1.82, 2.24) is 4.98 Å². The maximum atomic E-state index is 12.3. The summed E-state index contributed by atoms with van der Waals surface area (Å²) >= 11 is 1.39. The molecule has 8 heteroatoms. The summed E-state index contributed by atoms with van der Waals surface area (Å²) in [5, 5.41) is 5.36. The summed E-state index contributed by atoms with van der Waals surface area (Å²) < 4.78 is 21.8. The summed E-state index contributed by atoms with van der Waals surface area (Å²) in [5.74, 6) is 2.86. The second-order valence-corrected chi connectivity index (χ2v) is 7.49. The predicted octanol–water partition coefficient (Wildman–Crippen LogP) is 3.88. The monoisotopic (exact) mass is 410 g/mol. The average Bonchev–Trinajstić information content (AvgIpc) is 3.41. The smallest absolute Gasteiger partial charge is 0.231 e. The normalized spacial score (nSPS) is 13.9. The van der Waals surface area contributed by atoms with Gasteiger partial charge >= 0.3 is 0 Å². The lowest BCUT2D eigenvalue weighted by molar-refractivity contribution is -0.116. The number of hydrogen-bond donors (Lipinski definition) is 1. The first-order chi connectivity index (χ1) is 14.2. The van der Waals surface area contributed by atoms with Crippen molar-refractivity contribution in [3.05, 3.63) is 47.3 Å². The Morgan fingerprint density at radius 3 is 2.66 bits per heavy atom. The molecule has 3 heterocycles. The van der Waals surface area contributed by atoms with E-state index in [0.717, 1.165) is 34.1 Å². The summed E-state index contributed by atoms with van der Waals surface area (Å²) in [6, 6.07) is 11.5. The lowest BCUT2D eigenvalue weighted by Gasteiger charge is -2.18. The fourth-order valence-electron chi connectivity index (χ4n) is 3.20. The molecule has 1 N–H and O–H groups in total. The molecule has 3 aromatic rings. The molecular weight excluding hydrogens is 392 g/mol. The van der Waals surface area contributed by atoms with E-state index in [4.69, 9.17) is 18.9 Å². The SMILES string of the molecule is O=C(CCc1ccc2c(c1)OCCO2)Nc1nc(-c2ccc3c(c2)OCO3)cs1. The van der Waals surface area contributed by atoms with Crippen LogP contribution in [0.4, 0.5) is 5.13 Å². The Labute approximate surface area is 171 Å². The van der Waals surface area contributed by atoms with Crippen LogP contribution in [-0.4, -0.2) is 30.9 Å². The zero-order chi connectivity index (χ0) is 19.6. The van der Waals surface area contributed by atoms with E-state index in [1.807, 2.05) is 41.8 Å². The minimum Gasteiger partial charge on any atom is -0.486 e. The highest BCUT2D eigenvalue weighted by atomic mass is 32.1. The van der Waals surface area contributed by atoms with Gasteiger partial charge in [0.1, 0.15) is 13.2 Å². The largest absolute Gasteiger partial charge is 0.486 e. The van der Waals surface area contributed by atoms with Crippen molar-refractivity contribution in [3.63, 3.8) is 0 Å². The fourth-order valence-corrected chi connectivity index (χ4v) is 3.94. The summed E-state index contributed by atoms with van der Waals surface area (Å²) in [5.41, 5.74) is 2.74. The van der Waals surface area contributed by atoms with E-state index in [1.54, 1.807) is 0 Å². The molecule has 0 saturated heterocycles. The fraction of sp³-hybridized carbons (Fsp3) is 0.238. The lowest BCUT2D eigenvalue weighted by Crippen LogP contribution is -2.15. The van der Waals surface area contributed by atoms with Crippen molar-refractivity contribution < 1.29 is 23.7 Å². The van der Waals surface area contributed by atoms with Gasteiger partial charge in [-0.2, -0.15) is 0 Å². The summed E-state index contributed by atoms with van der Waals surface area (Å²) in [6.07, 6.45) is 0.974. The van der Waals surface area contributed by atoms with Gasteiger partial charge < -0.3 is 24.3 Å². The van der Waals surface area contributed by atoms with Crippen molar-refractivity contribution in [3.8, 4) is 34.3 Å². The maximum Gasteiger partial charge on any atom is 0.231 e. The molecule has 1 amide bonds. The molecule has 0 radical (unpaired) electrons. The van der Waals surface area contributed by atoms with E-state index >= 15 is 0 Å². The predicted molar refractivity (Wildman–Crippen MR) is 108 cm³/mol. The molecule has 7 nitrogen and oxygen atoms in total. The molecule has 0 saturated carbocycles. The number of aromatic nitrogens is 1. The van der Waals surface area contributed by atoms with Crippen LogP contribution in [-0.2, 0) is 11.2 Å². The number of carbonyl (C=O) groups is 1. The van der Waals surface area contributed by atoms with Crippen LogP contribution in [0.2, 0.25) is 0 Å². The Hall–Kier alpha value is -3.26. The van der Waals surface area contributed by atoms with Crippen molar-refractivity contribution in [2.45, 2.75) is 12.8 Å². The molecule has 1 aromatic heterocycles. The Morgan fingerprint density at radius 1 is 0.966 bits per heavy atom. The van der Waals surface area contributed by atoms with Crippen LogP contribution in [0, 0.1) is 0 Å². The summed E-state index contributed by atoms with van der Waals surface area (Å²) in [4.78, 5) is 16.8. The molecule has 0 atom stereocenters. The van der Waals surface area contributed by atoms with Crippen LogP contribution in [0.1, 0.15) is 12.0 Å². The van der Waals surface area contributed by atoms with Crippen LogP contribution >= 0.6 is 11.3 Å². The summed E-state index contributed by atoms with van der Waals surface area (Å²) in [6.45, 7) is 1.35. The highest BCUT2D eigenvalue weighted by Crippen LogP contribution is 2.36. The summed E-state index contributed by atoms with van der Waals surface area (Å²) in [7, 11) is 0. The second kappa shape index (κ2) is 7.63. The first-order valence-corrected chi connectivity index (χ1v) is 10.2. The van der Waals surface area contributed by atoms with Gasteiger partial charge in [-0.3, -0.25) is 4.79 Å². The number of benzene rings is 2. The molecule has 0 spiro atoms. The minimum atomic E-state index is -0.0773. The van der Waals surface area contributed by atoms with Gasteiger partial charge in [0.2, 0.25) is 12.7 Å². The van der Waals surface area contributed by atoms with Crippen LogP contribution in [0.15, 0.2) is 41.8 Å². The Balaban J connectivity index is 1.19. The zero-order valence-corrected chi connectivity index (χ0v) is 16.3. The molecule has 0 bridgehead atoms. The molecule has 5 rings (SSSR count). The molecule has 0 fully saturated rings. The van der Waals surface area contributed by atoms with E-state index < -0.39 is 0 Å². The van der Waals surface area contributed by atoms with Gasteiger partial charge in [0, 0.05) is 17.4 Å². The second-order valence-electron chi connectivity index (χ2n) is 6.63. The molecule has 0 aliphatic carbocycles. The lowest BCUT2D eigenvalue weighted by atomic mass is 10.1. The van der Waals surface area contributed by atoms with Gasteiger partial charge in [-0.1, -0.05) is 6.07 Å². The number of thiazole rings is 1. The standard InChI is InChI=1S/C21H18N2O5S/c24-20(6-2-13-1-4-16-18(9-13)26-8-7-25-16)23-21-22-15(11-29-21)14-3-5-17-19(10-14)28-12-27-17/h1,3-5,9-11H,2,6-8,12H2,(H,22,23,24). The zero-order valence-electron chi connectivity index (χ0n) is 15.5. The van der Waals surface area contributed by atoms with Gasteiger partial charge in [0.05, 0.1) is 5.69 Å². The van der Waals surface area contributed by atoms with Crippen LogP contribution < -0.4 is 24.3 Å². The number of carbonyl (C=O) groups excluding carboxylic acids is 1. The Morgan fingerprint density at radius 2 is 1.72 bits per heavy atom. The highest BCUT2D eigenvalue weighted by molar-refractivity contribution is 7.14. The van der Waals surface area contributed by atoms with Gasteiger partial charge in [-0.25, -0.2) is 4.98 Å². The minimum absolute atomic E-state index is 0.0773. The third kappa shape index (κ3) is 3.84. The van der Waals surface area contributed by atoms with E-state index in [1.165, 1.54) is 11.3 Å². The van der Waals surface area contributed by atoms with Crippen molar-refractivity contribution in [1.29, 1.82) is 0 Å². The molecule has 2 aliphatic rings. The van der Waals surface area contributed by atoms with Crippen molar-refractivity contribution >= 4 is 22.4 Å². The molecule has 2 aromatic carbocycles. The van der Waals surface area contributed by atoms with E-state index in [-0.39, 0.29) is 12.7 Å². The van der Waals surface area contributed by atoms with Crippen LogP contribution in [0.5, 0.6) is 23.0 Å². The third-order valence-electron chi connectivity index (χ3n) is 4.67. The maximum absolute atomic E-state index is 12.3. The number of fused-ring (bicyclic) bond motifs is 2. The number of nitrogens with one attached hydrogen (secondary N) is 1. The first-order valence-electron chi connectivity index (χ1n) is 9.28. The number of rotatable bonds is 5. The molecule has 29 heavy (non-hydrogen) atoms. The number of nitrogens with zero attached hydrogens (tertiary/aromatic N) is 1. The van der Waals surface area contributed by atoms with Gasteiger partial charge in [0.15, 0.2) is 28.1 Å². The van der Waals surface area contributed by atoms with Gasteiger partial charge in [-0.15, -0.1) is 11.3 Å². The number of ether oxygens (including phenoxy) is 4. The molecule has 2 aliphatic heterocycles. The third-order valence-corrected chi connectivity index (χ3v) is 5.42.